The van der Waals surface area contributed by atoms with Gasteiger partial charge in [-0.25, -0.2) is 0 Å². The summed E-state index contributed by atoms with van der Waals surface area (Å²) in [6, 6.07) is 6.27. The fourth-order valence-corrected chi connectivity index (χ4v) is 1.85. The zero-order valence-corrected chi connectivity index (χ0v) is 9.95. The lowest BCUT2D eigenvalue weighted by Crippen LogP contribution is -2.39. The monoisotopic (exact) mass is 221 g/mol. The van der Waals surface area contributed by atoms with Crippen LogP contribution in [0, 0.1) is 0 Å². The predicted molar refractivity (Wildman–Crippen MR) is 64.4 cm³/mol. The summed E-state index contributed by atoms with van der Waals surface area (Å²) in [4.78, 5) is 0. The van der Waals surface area contributed by atoms with Crippen LogP contribution in [0.25, 0.3) is 0 Å². The summed E-state index contributed by atoms with van der Waals surface area (Å²) < 4.78 is 11.1. The molecule has 0 spiro atoms. The molecular formula is C13H19NO2. The van der Waals surface area contributed by atoms with Crippen LogP contribution in [-0.2, 0) is 0 Å². The van der Waals surface area contributed by atoms with Crippen molar-refractivity contribution in [2.45, 2.75) is 19.8 Å². The molecule has 1 N–H and O–H groups in total. The molecule has 1 aromatic carbocycles. The van der Waals surface area contributed by atoms with Crippen molar-refractivity contribution in [3.63, 3.8) is 0 Å². The first-order valence-corrected chi connectivity index (χ1v) is 5.95. The van der Waals surface area contributed by atoms with Gasteiger partial charge in [-0.2, -0.15) is 0 Å². The van der Waals surface area contributed by atoms with Gasteiger partial charge in [0.2, 0.25) is 0 Å². The number of nitrogens with one attached hydrogen (secondary N) is 1. The SMILES string of the molecule is CCOc1ccc(C2CNC2)cc1OCC. The maximum Gasteiger partial charge on any atom is 0.161 e. The molecule has 1 aliphatic rings. The van der Waals surface area contributed by atoms with Gasteiger partial charge in [-0.15, -0.1) is 0 Å². The lowest BCUT2D eigenvalue weighted by molar-refractivity contribution is 0.287. The van der Waals surface area contributed by atoms with E-state index in [9.17, 15) is 0 Å². The van der Waals surface area contributed by atoms with Crippen molar-refractivity contribution < 1.29 is 9.47 Å². The van der Waals surface area contributed by atoms with Crippen LogP contribution in [-0.4, -0.2) is 26.3 Å². The summed E-state index contributed by atoms with van der Waals surface area (Å²) in [7, 11) is 0. The van der Waals surface area contributed by atoms with Crippen molar-refractivity contribution in [2.75, 3.05) is 26.3 Å². The van der Waals surface area contributed by atoms with E-state index in [2.05, 4.69) is 17.4 Å². The van der Waals surface area contributed by atoms with Gasteiger partial charge in [0.15, 0.2) is 11.5 Å². The summed E-state index contributed by atoms with van der Waals surface area (Å²) in [6.07, 6.45) is 0. The predicted octanol–water partition coefficient (Wildman–Crippen LogP) is 2.17. The minimum absolute atomic E-state index is 0.634. The van der Waals surface area contributed by atoms with Gasteiger partial charge in [-0.05, 0) is 31.5 Å². The molecule has 2 rings (SSSR count). The molecule has 0 aromatic heterocycles. The zero-order valence-electron chi connectivity index (χ0n) is 9.95. The highest BCUT2D eigenvalue weighted by Crippen LogP contribution is 2.32. The van der Waals surface area contributed by atoms with Gasteiger partial charge >= 0.3 is 0 Å². The Morgan fingerprint density at radius 2 is 1.81 bits per heavy atom. The van der Waals surface area contributed by atoms with E-state index < -0.39 is 0 Å². The quantitative estimate of drug-likeness (QED) is 0.826. The molecule has 88 valence electrons. The normalized spacial score (nSPS) is 15.6. The number of ether oxygens (including phenoxy) is 2. The van der Waals surface area contributed by atoms with Crippen molar-refractivity contribution in [3.05, 3.63) is 23.8 Å². The third-order valence-electron chi connectivity index (χ3n) is 2.82. The summed E-state index contributed by atoms with van der Waals surface area (Å²) in [6.45, 7) is 7.46. The van der Waals surface area contributed by atoms with Crippen LogP contribution >= 0.6 is 0 Å². The first kappa shape index (κ1) is 11.3. The highest BCUT2D eigenvalue weighted by atomic mass is 16.5. The Morgan fingerprint density at radius 1 is 1.12 bits per heavy atom. The molecule has 0 saturated carbocycles. The van der Waals surface area contributed by atoms with E-state index in [1.807, 2.05) is 19.9 Å². The van der Waals surface area contributed by atoms with Crippen LogP contribution in [0.5, 0.6) is 11.5 Å². The van der Waals surface area contributed by atoms with Crippen LogP contribution in [0.3, 0.4) is 0 Å². The molecule has 1 heterocycles. The van der Waals surface area contributed by atoms with Crippen LogP contribution in [0.1, 0.15) is 25.3 Å². The van der Waals surface area contributed by atoms with Gasteiger partial charge in [-0.3, -0.25) is 0 Å². The van der Waals surface area contributed by atoms with E-state index in [4.69, 9.17) is 9.47 Å². The first-order valence-electron chi connectivity index (χ1n) is 5.95. The molecule has 1 aromatic rings. The second-order valence-electron chi connectivity index (χ2n) is 3.93. The maximum atomic E-state index is 5.60. The molecule has 0 bridgehead atoms. The Hall–Kier alpha value is -1.22. The zero-order chi connectivity index (χ0) is 11.4. The van der Waals surface area contributed by atoms with Crippen LogP contribution in [0.2, 0.25) is 0 Å². The highest BCUT2D eigenvalue weighted by molar-refractivity contribution is 5.44. The van der Waals surface area contributed by atoms with Crippen molar-refractivity contribution >= 4 is 0 Å². The minimum atomic E-state index is 0.634. The van der Waals surface area contributed by atoms with Gasteiger partial charge in [0, 0.05) is 19.0 Å². The summed E-state index contributed by atoms with van der Waals surface area (Å²) in [5.74, 6) is 2.35. The molecule has 0 amide bonds. The maximum absolute atomic E-state index is 5.60. The molecule has 0 unspecified atom stereocenters. The minimum Gasteiger partial charge on any atom is -0.490 e. The second kappa shape index (κ2) is 5.21. The molecule has 1 aliphatic heterocycles. The average molecular weight is 221 g/mol. The number of hydrogen-bond donors (Lipinski definition) is 1. The Balaban J connectivity index is 2.19. The largest absolute Gasteiger partial charge is 0.490 e. The van der Waals surface area contributed by atoms with E-state index in [1.54, 1.807) is 0 Å². The molecule has 1 fully saturated rings. The van der Waals surface area contributed by atoms with Gasteiger partial charge in [0.1, 0.15) is 0 Å². The van der Waals surface area contributed by atoms with Gasteiger partial charge in [0.25, 0.3) is 0 Å². The van der Waals surface area contributed by atoms with Crippen LogP contribution in [0.15, 0.2) is 18.2 Å². The van der Waals surface area contributed by atoms with Gasteiger partial charge in [-0.1, -0.05) is 6.07 Å². The summed E-state index contributed by atoms with van der Waals surface area (Å²) >= 11 is 0. The number of benzene rings is 1. The molecule has 3 heteroatoms. The Bertz CT molecular complexity index is 348. The number of hydrogen-bond acceptors (Lipinski definition) is 3. The molecule has 0 radical (unpaired) electrons. The van der Waals surface area contributed by atoms with Crippen LogP contribution in [0.4, 0.5) is 0 Å². The fraction of sp³-hybridized carbons (Fsp3) is 0.538. The van der Waals surface area contributed by atoms with Crippen LogP contribution < -0.4 is 14.8 Å². The standard InChI is InChI=1S/C13H19NO2/c1-3-15-12-6-5-10(11-8-14-9-11)7-13(12)16-4-2/h5-7,11,14H,3-4,8-9H2,1-2H3. The number of rotatable bonds is 5. The second-order valence-corrected chi connectivity index (χ2v) is 3.93. The molecule has 3 nitrogen and oxygen atoms in total. The molecular weight excluding hydrogens is 202 g/mol. The van der Waals surface area contributed by atoms with Crippen molar-refractivity contribution in [2.24, 2.45) is 0 Å². The smallest absolute Gasteiger partial charge is 0.161 e. The third-order valence-corrected chi connectivity index (χ3v) is 2.82. The van der Waals surface area contributed by atoms with E-state index in [0.29, 0.717) is 19.1 Å². The van der Waals surface area contributed by atoms with Gasteiger partial charge < -0.3 is 14.8 Å². The van der Waals surface area contributed by atoms with E-state index in [1.165, 1.54) is 5.56 Å². The molecule has 0 aliphatic carbocycles. The topological polar surface area (TPSA) is 30.5 Å². The molecule has 1 saturated heterocycles. The first-order chi connectivity index (χ1) is 7.85. The lowest BCUT2D eigenvalue weighted by atomic mass is 9.93. The molecule has 0 atom stereocenters. The summed E-state index contributed by atoms with van der Waals surface area (Å²) in [5.41, 5.74) is 1.34. The highest BCUT2D eigenvalue weighted by Gasteiger charge is 2.20. The average Bonchev–Trinajstić information content (AvgIpc) is 2.20. The third kappa shape index (κ3) is 2.30. The van der Waals surface area contributed by atoms with Gasteiger partial charge in [0.05, 0.1) is 13.2 Å². The Labute approximate surface area is 96.8 Å². The van der Waals surface area contributed by atoms with Crippen molar-refractivity contribution in [1.29, 1.82) is 0 Å². The Morgan fingerprint density at radius 3 is 2.38 bits per heavy atom. The summed E-state index contributed by atoms with van der Waals surface area (Å²) in [5, 5.41) is 3.28. The molecule has 16 heavy (non-hydrogen) atoms. The van der Waals surface area contributed by atoms with Crippen molar-refractivity contribution in [1.82, 2.24) is 5.32 Å². The Kier molecular flexibility index (Phi) is 3.67. The van der Waals surface area contributed by atoms with Crippen molar-refractivity contribution in [3.8, 4) is 11.5 Å². The van der Waals surface area contributed by atoms with E-state index >= 15 is 0 Å². The van der Waals surface area contributed by atoms with E-state index in [-0.39, 0.29) is 0 Å². The fourth-order valence-electron chi connectivity index (χ4n) is 1.85. The van der Waals surface area contributed by atoms with E-state index in [0.717, 1.165) is 24.6 Å². The lowest BCUT2D eigenvalue weighted by Gasteiger charge is -2.28.